The molecule has 2 aromatic carbocycles. The first-order valence-electron chi connectivity index (χ1n) is 8.93. The Balaban J connectivity index is 1.76. The predicted molar refractivity (Wildman–Crippen MR) is 114 cm³/mol. The Kier molecular flexibility index (Phi) is 5.97. The molecule has 0 aliphatic heterocycles. The lowest BCUT2D eigenvalue weighted by Crippen LogP contribution is -2.12. The van der Waals surface area contributed by atoms with Crippen LogP contribution in [0.2, 0.25) is 0 Å². The number of nitrogens with zero attached hydrogens (tertiary/aromatic N) is 2. The number of nitro groups is 1. The maximum Gasteiger partial charge on any atom is 0.273 e. The van der Waals surface area contributed by atoms with Gasteiger partial charge in [-0.25, -0.2) is 0 Å². The first-order chi connectivity index (χ1) is 14.3. The van der Waals surface area contributed by atoms with Gasteiger partial charge < -0.3 is 11.1 Å². The molecule has 3 rings (SSSR count). The van der Waals surface area contributed by atoms with E-state index in [1.54, 1.807) is 61.7 Å². The van der Waals surface area contributed by atoms with E-state index < -0.39 is 16.7 Å². The molecule has 0 aliphatic carbocycles. The van der Waals surface area contributed by atoms with Crippen LogP contribution in [0.4, 0.5) is 11.4 Å². The van der Waals surface area contributed by atoms with Gasteiger partial charge in [0.2, 0.25) is 5.91 Å². The molecule has 0 bridgehead atoms. The predicted octanol–water partition coefficient (Wildman–Crippen LogP) is 3.82. The summed E-state index contributed by atoms with van der Waals surface area (Å²) in [6, 6.07) is 13.0. The number of hydrogen-bond acceptors (Lipinski definition) is 5. The summed E-state index contributed by atoms with van der Waals surface area (Å²) < 4.78 is 0. The summed E-state index contributed by atoms with van der Waals surface area (Å²) >= 11 is 0. The third-order valence-corrected chi connectivity index (χ3v) is 4.32. The molecule has 1 heterocycles. The van der Waals surface area contributed by atoms with Gasteiger partial charge >= 0.3 is 0 Å². The molecule has 0 radical (unpaired) electrons. The van der Waals surface area contributed by atoms with Crippen molar-refractivity contribution in [3.63, 3.8) is 0 Å². The first kappa shape index (κ1) is 20.4. The van der Waals surface area contributed by atoms with Crippen LogP contribution >= 0.6 is 0 Å². The average molecular weight is 402 g/mol. The van der Waals surface area contributed by atoms with Crippen LogP contribution in [0.25, 0.3) is 12.2 Å². The lowest BCUT2D eigenvalue weighted by atomic mass is 10.1. The molecule has 0 spiro atoms. The number of nitrogens with one attached hydrogen (secondary N) is 1. The standard InChI is InChI=1S/C22H18N4O4/c1-14-5-8-17(11-20(14)26(29)30)22(28)25-19-4-2-3-15(10-19)6-7-16-9-18(21(23)27)13-24-12-16/h2-13H,1H3,(H2,23,27)(H,25,28)/b7-6+. The Morgan fingerprint density at radius 1 is 1.03 bits per heavy atom. The topological polar surface area (TPSA) is 128 Å². The molecule has 30 heavy (non-hydrogen) atoms. The number of carbonyl (C=O) groups is 2. The molecule has 0 saturated carbocycles. The van der Waals surface area contributed by atoms with Crippen molar-refractivity contribution < 1.29 is 14.5 Å². The fraction of sp³-hybridized carbons (Fsp3) is 0.0455. The molecule has 0 aliphatic rings. The van der Waals surface area contributed by atoms with Gasteiger partial charge in [0.15, 0.2) is 0 Å². The normalized spacial score (nSPS) is 10.7. The number of anilines is 1. The molecule has 2 amide bonds. The lowest BCUT2D eigenvalue weighted by molar-refractivity contribution is -0.385. The molecular formula is C22H18N4O4. The molecule has 8 heteroatoms. The highest BCUT2D eigenvalue weighted by Crippen LogP contribution is 2.21. The van der Waals surface area contributed by atoms with Crippen LogP contribution in [-0.4, -0.2) is 21.7 Å². The largest absolute Gasteiger partial charge is 0.366 e. The van der Waals surface area contributed by atoms with Crippen molar-refractivity contribution >= 4 is 35.3 Å². The van der Waals surface area contributed by atoms with Gasteiger partial charge in [-0.1, -0.05) is 30.4 Å². The number of benzene rings is 2. The van der Waals surface area contributed by atoms with E-state index in [1.165, 1.54) is 12.3 Å². The van der Waals surface area contributed by atoms with Crippen molar-refractivity contribution in [2.45, 2.75) is 6.92 Å². The van der Waals surface area contributed by atoms with Gasteiger partial charge in [0.25, 0.3) is 11.6 Å². The number of aromatic nitrogens is 1. The van der Waals surface area contributed by atoms with E-state index in [0.29, 0.717) is 22.4 Å². The number of hydrogen-bond donors (Lipinski definition) is 2. The first-order valence-corrected chi connectivity index (χ1v) is 8.93. The van der Waals surface area contributed by atoms with Crippen molar-refractivity contribution in [3.8, 4) is 0 Å². The van der Waals surface area contributed by atoms with Crippen LogP contribution in [0, 0.1) is 17.0 Å². The van der Waals surface area contributed by atoms with Crippen LogP contribution in [-0.2, 0) is 0 Å². The summed E-state index contributed by atoms with van der Waals surface area (Å²) in [5.41, 5.74) is 8.18. The highest BCUT2D eigenvalue weighted by atomic mass is 16.6. The molecule has 0 fully saturated rings. The Morgan fingerprint density at radius 2 is 1.80 bits per heavy atom. The van der Waals surface area contributed by atoms with Crippen molar-refractivity contribution in [2.24, 2.45) is 5.73 Å². The number of nitrogens with two attached hydrogens (primary N) is 1. The van der Waals surface area contributed by atoms with E-state index in [4.69, 9.17) is 5.73 Å². The fourth-order valence-corrected chi connectivity index (χ4v) is 2.75. The second kappa shape index (κ2) is 8.78. The van der Waals surface area contributed by atoms with Gasteiger partial charge in [0, 0.05) is 35.3 Å². The molecule has 1 aromatic heterocycles. The van der Waals surface area contributed by atoms with Gasteiger partial charge in [0.1, 0.15) is 0 Å². The van der Waals surface area contributed by atoms with Crippen LogP contribution in [0.3, 0.4) is 0 Å². The van der Waals surface area contributed by atoms with Gasteiger partial charge in [-0.2, -0.15) is 0 Å². The van der Waals surface area contributed by atoms with E-state index in [1.807, 2.05) is 6.07 Å². The minimum absolute atomic E-state index is 0.105. The summed E-state index contributed by atoms with van der Waals surface area (Å²) in [5, 5.41) is 13.8. The van der Waals surface area contributed by atoms with Crippen molar-refractivity contribution in [1.82, 2.24) is 4.98 Å². The highest BCUT2D eigenvalue weighted by molar-refractivity contribution is 6.04. The van der Waals surface area contributed by atoms with Crippen LogP contribution in [0.5, 0.6) is 0 Å². The van der Waals surface area contributed by atoms with Crippen molar-refractivity contribution in [3.05, 3.63) is 98.9 Å². The molecule has 8 nitrogen and oxygen atoms in total. The summed E-state index contributed by atoms with van der Waals surface area (Å²) in [5.74, 6) is -1.00. The fourth-order valence-electron chi connectivity index (χ4n) is 2.75. The average Bonchev–Trinajstić information content (AvgIpc) is 2.72. The summed E-state index contributed by atoms with van der Waals surface area (Å²) in [6.45, 7) is 1.62. The van der Waals surface area contributed by atoms with Crippen molar-refractivity contribution in [2.75, 3.05) is 5.32 Å². The Hall–Kier alpha value is -4.33. The second-order valence-corrected chi connectivity index (χ2v) is 6.54. The van der Waals surface area contributed by atoms with E-state index in [-0.39, 0.29) is 11.3 Å². The zero-order valence-corrected chi connectivity index (χ0v) is 16.0. The smallest absolute Gasteiger partial charge is 0.273 e. The quantitative estimate of drug-likeness (QED) is 0.478. The Labute approximate surface area is 172 Å². The van der Waals surface area contributed by atoms with Gasteiger partial charge in [-0.05, 0) is 42.3 Å². The van der Waals surface area contributed by atoms with Gasteiger partial charge in [-0.15, -0.1) is 0 Å². The number of aryl methyl sites for hydroxylation is 1. The number of carbonyl (C=O) groups excluding carboxylic acids is 2. The molecule has 150 valence electrons. The van der Waals surface area contributed by atoms with E-state index in [0.717, 1.165) is 5.56 Å². The zero-order chi connectivity index (χ0) is 21.7. The number of rotatable bonds is 6. The summed E-state index contributed by atoms with van der Waals surface area (Å²) in [6.07, 6.45) is 6.56. The minimum atomic E-state index is -0.557. The zero-order valence-electron chi connectivity index (χ0n) is 16.0. The van der Waals surface area contributed by atoms with Crippen LogP contribution in [0.15, 0.2) is 60.9 Å². The number of pyridine rings is 1. The molecule has 0 atom stereocenters. The van der Waals surface area contributed by atoms with E-state index in [9.17, 15) is 19.7 Å². The van der Waals surface area contributed by atoms with Crippen LogP contribution in [0.1, 0.15) is 37.4 Å². The van der Waals surface area contributed by atoms with E-state index >= 15 is 0 Å². The SMILES string of the molecule is Cc1ccc(C(=O)Nc2cccc(/C=C/c3cncc(C(N)=O)c3)c2)cc1[N+](=O)[O-]. The number of nitro benzene ring substituents is 1. The van der Waals surface area contributed by atoms with Crippen molar-refractivity contribution in [1.29, 1.82) is 0 Å². The minimum Gasteiger partial charge on any atom is -0.366 e. The highest BCUT2D eigenvalue weighted by Gasteiger charge is 2.15. The van der Waals surface area contributed by atoms with Gasteiger partial charge in [-0.3, -0.25) is 24.7 Å². The maximum absolute atomic E-state index is 12.5. The third-order valence-electron chi connectivity index (χ3n) is 4.32. The maximum atomic E-state index is 12.5. The third kappa shape index (κ3) is 4.93. The number of primary amides is 1. The Morgan fingerprint density at radius 3 is 2.53 bits per heavy atom. The molecule has 0 saturated heterocycles. The number of amides is 2. The Bertz CT molecular complexity index is 1170. The second-order valence-electron chi connectivity index (χ2n) is 6.54. The lowest BCUT2D eigenvalue weighted by Gasteiger charge is -2.07. The molecule has 3 N–H and O–H groups in total. The summed E-state index contributed by atoms with van der Waals surface area (Å²) in [4.78, 5) is 38.3. The molecule has 3 aromatic rings. The molecular weight excluding hydrogens is 384 g/mol. The summed E-state index contributed by atoms with van der Waals surface area (Å²) in [7, 11) is 0. The monoisotopic (exact) mass is 402 g/mol. The van der Waals surface area contributed by atoms with Crippen LogP contribution < -0.4 is 11.1 Å². The van der Waals surface area contributed by atoms with E-state index in [2.05, 4.69) is 10.3 Å². The van der Waals surface area contributed by atoms with Gasteiger partial charge in [0.05, 0.1) is 10.5 Å². The molecule has 0 unspecified atom stereocenters.